The summed E-state index contributed by atoms with van der Waals surface area (Å²) < 4.78 is 18.6. The molecule has 1 unspecified atom stereocenters. The topological polar surface area (TPSA) is 64.9 Å². The quantitative estimate of drug-likeness (QED) is 0.716. The van der Waals surface area contributed by atoms with Crippen molar-refractivity contribution >= 4 is 0 Å². The number of ether oxygens (including phenoxy) is 1. The lowest BCUT2D eigenvalue weighted by molar-refractivity contribution is 0.306. The molecule has 0 saturated heterocycles. The Morgan fingerprint density at radius 2 is 1.84 bits per heavy atom. The normalized spacial score (nSPS) is 12.1. The van der Waals surface area contributed by atoms with Crippen LogP contribution in [0, 0.1) is 5.82 Å². The van der Waals surface area contributed by atoms with E-state index in [1.807, 2.05) is 24.3 Å². The van der Waals surface area contributed by atoms with E-state index in [1.54, 1.807) is 19.2 Å². The number of nitrogens with one attached hydrogen (secondary N) is 1. The number of aryl methyl sites for hydroxylation is 1. The predicted molar refractivity (Wildman–Crippen MR) is 91.2 cm³/mol. The molecule has 3 rings (SSSR count). The molecule has 0 fully saturated rings. The van der Waals surface area contributed by atoms with Gasteiger partial charge in [-0.05, 0) is 47.5 Å². The number of hydrogen-bond donors (Lipinski definition) is 1. The van der Waals surface area contributed by atoms with Crippen LogP contribution in [0.1, 0.15) is 29.9 Å². The summed E-state index contributed by atoms with van der Waals surface area (Å²) in [6.45, 7) is 3.04. The molecule has 0 aliphatic carbocycles. The van der Waals surface area contributed by atoms with E-state index in [-0.39, 0.29) is 11.9 Å². The first-order chi connectivity index (χ1) is 12.1. The Morgan fingerprint density at radius 3 is 2.48 bits per heavy atom. The standard InChI is InChI=1S/C18H20FN5O/c1-13(20-11-18-21-23-24(2)22-18)15-5-9-17(10-6-15)25-12-14-3-7-16(19)8-4-14/h3-10,13,20H,11-12H2,1-2H3. The second-order valence-electron chi connectivity index (χ2n) is 5.78. The lowest BCUT2D eigenvalue weighted by Crippen LogP contribution is -2.19. The SMILES string of the molecule is CC(NCc1nnn(C)n1)c1ccc(OCc2ccc(F)cc2)cc1. The molecule has 0 aliphatic heterocycles. The second kappa shape index (κ2) is 7.85. The average molecular weight is 341 g/mol. The van der Waals surface area contributed by atoms with E-state index in [2.05, 4.69) is 27.7 Å². The molecule has 1 atom stereocenters. The Morgan fingerprint density at radius 1 is 1.12 bits per heavy atom. The van der Waals surface area contributed by atoms with Crippen LogP contribution in [-0.2, 0) is 20.2 Å². The van der Waals surface area contributed by atoms with Crippen LogP contribution in [0.15, 0.2) is 48.5 Å². The van der Waals surface area contributed by atoms with Crippen molar-refractivity contribution in [2.75, 3.05) is 0 Å². The van der Waals surface area contributed by atoms with E-state index in [0.29, 0.717) is 19.0 Å². The molecule has 2 aromatic carbocycles. The van der Waals surface area contributed by atoms with E-state index in [1.165, 1.54) is 16.9 Å². The fourth-order valence-electron chi connectivity index (χ4n) is 2.36. The molecular formula is C18H20FN5O. The van der Waals surface area contributed by atoms with Crippen molar-refractivity contribution in [3.8, 4) is 5.75 Å². The van der Waals surface area contributed by atoms with Crippen LogP contribution >= 0.6 is 0 Å². The molecule has 7 heteroatoms. The third kappa shape index (κ3) is 4.84. The van der Waals surface area contributed by atoms with Crippen molar-refractivity contribution in [2.24, 2.45) is 7.05 Å². The van der Waals surface area contributed by atoms with Gasteiger partial charge >= 0.3 is 0 Å². The smallest absolute Gasteiger partial charge is 0.188 e. The minimum Gasteiger partial charge on any atom is -0.489 e. The number of hydrogen-bond acceptors (Lipinski definition) is 5. The zero-order chi connectivity index (χ0) is 17.6. The third-order valence-electron chi connectivity index (χ3n) is 3.81. The largest absolute Gasteiger partial charge is 0.489 e. The van der Waals surface area contributed by atoms with Crippen LogP contribution in [0.3, 0.4) is 0 Å². The Balaban J connectivity index is 1.51. The maximum absolute atomic E-state index is 12.9. The molecule has 0 aliphatic rings. The van der Waals surface area contributed by atoms with Gasteiger partial charge in [0, 0.05) is 6.04 Å². The molecule has 0 saturated carbocycles. The summed E-state index contributed by atoms with van der Waals surface area (Å²) in [5, 5.41) is 15.3. The lowest BCUT2D eigenvalue weighted by Gasteiger charge is -2.14. The monoisotopic (exact) mass is 341 g/mol. The fourth-order valence-corrected chi connectivity index (χ4v) is 2.36. The van der Waals surface area contributed by atoms with E-state index >= 15 is 0 Å². The zero-order valence-electron chi connectivity index (χ0n) is 14.2. The van der Waals surface area contributed by atoms with E-state index in [0.717, 1.165) is 16.9 Å². The Hall–Kier alpha value is -2.80. The summed E-state index contributed by atoms with van der Waals surface area (Å²) in [6, 6.07) is 14.3. The van der Waals surface area contributed by atoms with E-state index in [9.17, 15) is 4.39 Å². The molecule has 0 bridgehead atoms. The van der Waals surface area contributed by atoms with E-state index in [4.69, 9.17) is 4.74 Å². The van der Waals surface area contributed by atoms with Crippen LogP contribution in [0.4, 0.5) is 4.39 Å². The van der Waals surface area contributed by atoms with Gasteiger partial charge in [-0.3, -0.25) is 0 Å². The highest BCUT2D eigenvalue weighted by atomic mass is 19.1. The Kier molecular flexibility index (Phi) is 5.35. The summed E-state index contributed by atoms with van der Waals surface area (Å²) in [6.07, 6.45) is 0. The summed E-state index contributed by atoms with van der Waals surface area (Å²) in [4.78, 5) is 1.44. The van der Waals surface area contributed by atoms with Crippen molar-refractivity contribution in [1.82, 2.24) is 25.5 Å². The number of tetrazole rings is 1. The van der Waals surface area contributed by atoms with Gasteiger partial charge < -0.3 is 10.1 Å². The summed E-state index contributed by atoms with van der Waals surface area (Å²) in [7, 11) is 1.74. The van der Waals surface area contributed by atoms with Gasteiger partial charge in [-0.2, -0.15) is 4.80 Å². The highest BCUT2D eigenvalue weighted by Gasteiger charge is 2.07. The van der Waals surface area contributed by atoms with Crippen LogP contribution in [0.25, 0.3) is 0 Å². The van der Waals surface area contributed by atoms with Gasteiger partial charge in [0.2, 0.25) is 0 Å². The average Bonchev–Trinajstić information content (AvgIpc) is 3.05. The number of halogens is 1. The van der Waals surface area contributed by atoms with Crippen LogP contribution < -0.4 is 10.1 Å². The van der Waals surface area contributed by atoms with Gasteiger partial charge in [0.1, 0.15) is 18.2 Å². The van der Waals surface area contributed by atoms with Gasteiger partial charge in [0.25, 0.3) is 0 Å². The number of rotatable bonds is 7. The van der Waals surface area contributed by atoms with Crippen LogP contribution in [-0.4, -0.2) is 20.2 Å². The molecule has 1 heterocycles. The molecule has 1 N–H and O–H groups in total. The maximum atomic E-state index is 12.9. The first kappa shape index (κ1) is 17.0. The Labute approximate surface area is 145 Å². The Bertz CT molecular complexity index is 801. The summed E-state index contributed by atoms with van der Waals surface area (Å²) >= 11 is 0. The first-order valence-corrected chi connectivity index (χ1v) is 8.03. The third-order valence-corrected chi connectivity index (χ3v) is 3.81. The molecule has 0 spiro atoms. The lowest BCUT2D eigenvalue weighted by atomic mass is 10.1. The van der Waals surface area contributed by atoms with Gasteiger partial charge in [-0.1, -0.05) is 24.3 Å². The van der Waals surface area contributed by atoms with Gasteiger partial charge in [-0.25, -0.2) is 4.39 Å². The van der Waals surface area contributed by atoms with Gasteiger partial charge in [0.15, 0.2) is 5.82 Å². The predicted octanol–water partition coefficient (Wildman–Crippen LogP) is 2.78. The molecule has 25 heavy (non-hydrogen) atoms. The highest BCUT2D eigenvalue weighted by molar-refractivity contribution is 5.29. The van der Waals surface area contributed by atoms with Crippen molar-refractivity contribution < 1.29 is 9.13 Å². The summed E-state index contributed by atoms with van der Waals surface area (Å²) in [5.41, 5.74) is 2.06. The van der Waals surface area contributed by atoms with Crippen molar-refractivity contribution in [3.63, 3.8) is 0 Å². The number of benzene rings is 2. The minimum atomic E-state index is -0.244. The molecular weight excluding hydrogens is 321 g/mol. The highest BCUT2D eigenvalue weighted by Crippen LogP contribution is 2.19. The van der Waals surface area contributed by atoms with Crippen LogP contribution in [0.5, 0.6) is 5.75 Å². The second-order valence-corrected chi connectivity index (χ2v) is 5.78. The minimum absolute atomic E-state index is 0.148. The maximum Gasteiger partial charge on any atom is 0.188 e. The fraction of sp³-hybridized carbons (Fsp3) is 0.278. The van der Waals surface area contributed by atoms with Crippen molar-refractivity contribution in [3.05, 3.63) is 71.3 Å². The number of nitrogens with zero attached hydrogens (tertiary/aromatic N) is 4. The summed E-state index contributed by atoms with van der Waals surface area (Å²) in [5.74, 6) is 1.19. The van der Waals surface area contributed by atoms with E-state index < -0.39 is 0 Å². The molecule has 3 aromatic rings. The van der Waals surface area contributed by atoms with Gasteiger partial charge in [0.05, 0.1) is 13.6 Å². The zero-order valence-corrected chi connectivity index (χ0v) is 14.2. The number of aromatic nitrogens is 4. The first-order valence-electron chi connectivity index (χ1n) is 8.03. The van der Waals surface area contributed by atoms with Crippen molar-refractivity contribution in [2.45, 2.75) is 26.1 Å². The molecule has 1 aromatic heterocycles. The van der Waals surface area contributed by atoms with Gasteiger partial charge in [-0.15, -0.1) is 10.2 Å². The molecule has 0 amide bonds. The van der Waals surface area contributed by atoms with Crippen LogP contribution in [0.2, 0.25) is 0 Å². The molecule has 0 radical (unpaired) electrons. The molecule has 6 nitrogen and oxygen atoms in total. The van der Waals surface area contributed by atoms with Crippen molar-refractivity contribution in [1.29, 1.82) is 0 Å². The molecule has 130 valence electrons.